The zero-order valence-corrected chi connectivity index (χ0v) is 7.35. The van der Waals surface area contributed by atoms with E-state index in [1.807, 2.05) is 13.8 Å². The maximum absolute atomic E-state index is 11.4. The summed E-state index contributed by atoms with van der Waals surface area (Å²) < 4.78 is 0. The molecular weight excluding hydrogens is 132 g/mol. The third-order valence-electron chi connectivity index (χ3n) is 1.96. The fourth-order valence-electron chi connectivity index (χ4n) is 0.841. The van der Waals surface area contributed by atoms with Crippen molar-refractivity contribution in [3.63, 3.8) is 0 Å². The standard InChI is InChI=1S/C6H15O2Si/c1-4-9(8,5-2)6(3)7/h6-7H,4-5H2,1-3H3. The highest BCUT2D eigenvalue weighted by molar-refractivity contribution is 6.73. The average Bonchev–Trinajstić information content (AvgIpc) is 1.86. The predicted octanol–water partition coefficient (Wildman–Crippen LogP) is 1.32. The fraction of sp³-hybridized carbons (Fsp3) is 1.00. The van der Waals surface area contributed by atoms with Crippen LogP contribution in [0.2, 0.25) is 12.1 Å². The number of hydrogen-bond acceptors (Lipinski definition) is 1. The van der Waals surface area contributed by atoms with E-state index in [0.717, 1.165) is 0 Å². The molecule has 0 aromatic carbocycles. The molecule has 0 aliphatic heterocycles. The Labute approximate surface area is 57.7 Å². The highest BCUT2D eigenvalue weighted by atomic mass is 28.4. The minimum Gasteiger partial charge on any atom is -0.394 e. The average molecular weight is 147 g/mol. The van der Waals surface area contributed by atoms with Gasteiger partial charge in [0.2, 0.25) is 0 Å². The molecule has 0 heterocycles. The van der Waals surface area contributed by atoms with Crippen LogP contribution in [-0.2, 0) is 4.80 Å². The van der Waals surface area contributed by atoms with Crippen LogP contribution in [0.5, 0.6) is 0 Å². The highest BCUT2D eigenvalue weighted by Crippen LogP contribution is 2.15. The van der Waals surface area contributed by atoms with Crippen LogP contribution in [0.4, 0.5) is 0 Å². The molecule has 0 aromatic heterocycles. The molecule has 0 saturated carbocycles. The largest absolute Gasteiger partial charge is 0.394 e. The summed E-state index contributed by atoms with van der Waals surface area (Å²) in [5.41, 5.74) is -0.590. The van der Waals surface area contributed by atoms with Crippen molar-refractivity contribution in [3.8, 4) is 0 Å². The monoisotopic (exact) mass is 147 g/mol. The van der Waals surface area contributed by atoms with Gasteiger partial charge < -0.3 is 5.11 Å². The smallest absolute Gasteiger partial charge is 0.264 e. The van der Waals surface area contributed by atoms with Gasteiger partial charge in [0.05, 0.1) is 5.73 Å². The molecule has 9 heavy (non-hydrogen) atoms. The van der Waals surface area contributed by atoms with Crippen molar-refractivity contribution in [1.82, 2.24) is 0 Å². The maximum atomic E-state index is 11.4. The zero-order valence-electron chi connectivity index (χ0n) is 6.35. The van der Waals surface area contributed by atoms with Gasteiger partial charge in [-0.25, -0.2) is 0 Å². The molecule has 0 spiro atoms. The summed E-state index contributed by atoms with van der Waals surface area (Å²) in [6.45, 7) is 5.36. The summed E-state index contributed by atoms with van der Waals surface area (Å²) in [6.07, 6.45) is 0. The molecule has 0 fully saturated rings. The Morgan fingerprint density at radius 2 is 1.78 bits per heavy atom. The number of aliphatic hydroxyl groups is 1. The first-order chi connectivity index (χ1) is 4.06. The van der Waals surface area contributed by atoms with Gasteiger partial charge in [-0.15, -0.1) is 0 Å². The van der Waals surface area contributed by atoms with Crippen molar-refractivity contribution in [2.45, 2.75) is 38.6 Å². The van der Waals surface area contributed by atoms with E-state index >= 15 is 0 Å². The molecular formula is C6H15O2Si. The summed E-state index contributed by atoms with van der Waals surface area (Å²) in [5.74, 6) is 0. The lowest BCUT2D eigenvalue weighted by Crippen LogP contribution is -2.43. The molecule has 0 amide bonds. The molecule has 1 radical (unpaired) electrons. The van der Waals surface area contributed by atoms with E-state index in [9.17, 15) is 4.80 Å². The van der Waals surface area contributed by atoms with Crippen LogP contribution in [0.1, 0.15) is 20.8 Å². The number of aliphatic hydroxyl groups excluding tert-OH is 1. The van der Waals surface area contributed by atoms with Gasteiger partial charge in [-0.3, -0.25) is 4.80 Å². The summed E-state index contributed by atoms with van der Waals surface area (Å²) in [6, 6.07) is 1.28. The van der Waals surface area contributed by atoms with Gasteiger partial charge in [0, 0.05) is 0 Å². The Morgan fingerprint density at radius 3 is 1.78 bits per heavy atom. The van der Waals surface area contributed by atoms with Gasteiger partial charge in [-0.1, -0.05) is 13.8 Å². The van der Waals surface area contributed by atoms with E-state index in [2.05, 4.69) is 0 Å². The van der Waals surface area contributed by atoms with E-state index in [-0.39, 0.29) is 0 Å². The lowest BCUT2D eigenvalue weighted by atomic mass is 10.9. The van der Waals surface area contributed by atoms with E-state index < -0.39 is 14.0 Å². The summed E-state index contributed by atoms with van der Waals surface area (Å²) >= 11 is 0. The summed E-state index contributed by atoms with van der Waals surface area (Å²) in [5, 5.41) is 9.02. The minimum absolute atomic E-state index is 0.590. The number of hydrogen-bond donors (Lipinski definition) is 1. The van der Waals surface area contributed by atoms with Crippen molar-refractivity contribution >= 4 is 8.32 Å². The molecule has 0 aliphatic carbocycles. The van der Waals surface area contributed by atoms with Gasteiger partial charge in [0.25, 0.3) is 8.32 Å². The van der Waals surface area contributed by atoms with E-state index in [1.54, 1.807) is 6.92 Å². The van der Waals surface area contributed by atoms with Crippen LogP contribution in [0.3, 0.4) is 0 Å². The fourth-order valence-corrected chi connectivity index (χ4v) is 2.52. The molecule has 1 N–H and O–H groups in total. The predicted molar refractivity (Wildman–Crippen MR) is 39.1 cm³/mol. The first kappa shape index (κ1) is 9.14. The summed E-state index contributed by atoms with van der Waals surface area (Å²) in [7, 11) is -2.47. The van der Waals surface area contributed by atoms with E-state index in [4.69, 9.17) is 5.11 Å². The Bertz CT molecular complexity index is 79.1. The van der Waals surface area contributed by atoms with E-state index in [1.165, 1.54) is 0 Å². The summed E-state index contributed by atoms with van der Waals surface area (Å²) in [4.78, 5) is 11.4. The molecule has 55 valence electrons. The molecule has 0 saturated heterocycles. The second-order valence-electron chi connectivity index (χ2n) is 2.45. The van der Waals surface area contributed by atoms with Crippen molar-refractivity contribution in [2.24, 2.45) is 0 Å². The molecule has 0 aliphatic rings. The van der Waals surface area contributed by atoms with Gasteiger partial charge >= 0.3 is 0 Å². The quantitative estimate of drug-likeness (QED) is 0.601. The van der Waals surface area contributed by atoms with Crippen LogP contribution >= 0.6 is 0 Å². The third kappa shape index (κ3) is 2.08. The molecule has 1 unspecified atom stereocenters. The van der Waals surface area contributed by atoms with Gasteiger partial charge in [-0.05, 0) is 19.0 Å². The minimum atomic E-state index is -2.47. The van der Waals surface area contributed by atoms with E-state index in [0.29, 0.717) is 12.1 Å². The van der Waals surface area contributed by atoms with Crippen LogP contribution < -0.4 is 0 Å². The molecule has 1 atom stereocenters. The molecule has 3 heteroatoms. The highest BCUT2D eigenvalue weighted by Gasteiger charge is 2.34. The first-order valence-electron chi connectivity index (χ1n) is 3.45. The van der Waals surface area contributed by atoms with Crippen molar-refractivity contribution < 1.29 is 9.90 Å². The second kappa shape index (κ2) is 3.34. The maximum Gasteiger partial charge on any atom is 0.264 e. The number of rotatable bonds is 3. The SMILES string of the molecule is CC[Si]([O])(CC)C(C)O. The van der Waals surface area contributed by atoms with Gasteiger partial charge in [-0.2, -0.15) is 0 Å². The normalized spacial score (nSPS) is 15.7. The Kier molecular flexibility index (Phi) is 3.39. The first-order valence-corrected chi connectivity index (χ1v) is 5.85. The van der Waals surface area contributed by atoms with Gasteiger partial charge in [0.15, 0.2) is 0 Å². The van der Waals surface area contributed by atoms with Crippen molar-refractivity contribution in [2.75, 3.05) is 0 Å². The molecule has 2 nitrogen and oxygen atoms in total. The second-order valence-corrected chi connectivity index (χ2v) is 6.83. The third-order valence-corrected chi connectivity index (χ3v) is 5.87. The zero-order chi connectivity index (χ0) is 7.49. The Morgan fingerprint density at radius 1 is 1.44 bits per heavy atom. The van der Waals surface area contributed by atoms with Crippen LogP contribution in [0.25, 0.3) is 0 Å². The van der Waals surface area contributed by atoms with Gasteiger partial charge in [0.1, 0.15) is 0 Å². The lowest BCUT2D eigenvalue weighted by Gasteiger charge is -2.21. The van der Waals surface area contributed by atoms with Crippen LogP contribution in [-0.4, -0.2) is 19.2 Å². The Hall–Kier alpha value is 0.137. The van der Waals surface area contributed by atoms with Crippen LogP contribution in [0, 0.1) is 0 Å². The topological polar surface area (TPSA) is 40.1 Å². The lowest BCUT2D eigenvalue weighted by molar-refractivity contribution is 0.221. The van der Waals surface area contributed by atoms with Crippen molar-refractivity contribution in [1.29, 1.82) is 0 Å². The Balaban J connectivity index is 3.92. The van der Waals surface area contributed by atoms with Crippen LogP contribution in [0.15, 0.2) is 0 Å². The molecule has 0 rings (SSSR count). The molecule has 0 bridgehead atoms. The van der Waals surface area contributed by atoms with Crippen molar-refractivity contribution in [3.05, 3.63) is 0 Å². The molecule has 0 aromatic rings.